The van der Waals surface area contributed by atoms with Crippen LogP contribution in [0, 0.1) is 11.8 Å². The molecule has 2 heterocycles. The molecule has 0 atom stereocenters. The molecule has 0 unspecified atom stereocenters. The summed E-state index contributed by atoms with van der Waals surface area (Å²) in [7, 11) is 0. The second-order valence-corrected chi connectivity index (χ2v) is 5.48. The molecule has 2 N–H and O–H groups in total. The molecule has 92 valence electrons. The summed E-state index contributed by atoms with van der Waals surface area (Å²) in [6.07, 6.45) is 1.88. The van der Waals surface area contributed by atoms with Crippen LogP contribution < -0.4 is 5.32 Å². The van der Waals surface area contributed by atoms with E-state index < -0.39 is 5.60 Å². The van der Waals surface area contributed by atoms with E-state index in [9.17, 15) is 9.90 Å². The van der Waals surface area contributed by atoms with E-state index in [-0.39, 0.29) is 17.7 Å². The van der Waals surface area contributed by atoms with Gasteiger partial charge in [0.25, 0.3) is 0 Å². The normalized spacial score (nSPS) is 25.6. The number of likely N-dealkylation sites (tertiary alicyclic amines) is 1. The molecule has 2 fully saturated rings. The number of piperidine rings is 1. The van der Waals surface area contributed by atoms with Gasteiger partial charge in [-0.05, 0) is 31.8 Å². The average molecular weight is 226 g/mol. The zero-order chi connectivity index (χ0) is 11.8. The van der Waals surface area contributed by atoms with Crippen molar-refractivity contribution in [3.05, 3.63) is 0 Å². The summed E-state index contributed by atoms with van der Waals surface area (Å²) in [6, 6.07) is 0. The van der Waals surface area contributed by atoms with Gasteiger partial charge in [0, 0.05) is 5.92 Å². The average Bonchev–Trinajstić information content (AvgIpc) is 2.25. The van der Waals surface area contributed by atoms with Gasteiger partial charge in [0.15, 0.2) is 0 Å². The number of hydrogen-bond acceptors (Lipinski definition) is 3. The number of nitrogens with zero attached hydrogens (tertiary/aromatic N) is 1. The molecule has 1 amide bonds. The van der Waals surface area contributed by atoms with Crippen LogP contribution in [0.25, 0.3) is 0 Å². The summed E-state index contributed by atoms with van der Waals surface area (Å²) in [5.74, 6) is 0.648. The zero-order valence-corrected chi connectivity index (χ0v) is 10.2. The summed E-state index contributed by atoms with van der Waals surface area (Å²) < 4.78 is 0. The van der Waals surface area contributed by atoms with Crippen LogP contribution in [0.15, 0.2) is 0 Å². The number of β-amino-alcohol motifs (C(OH)–C–C–N with tert-alkyl or cyclic N) is 1. The third-order valence-corrected chi connectivity index (χ3v) is 4.00. The fraction of sp³-hybridized carbons (Fsp3) is 0.917. The van der Waals surface area contributed by atoms with Gasteiger partial charge in [0.1, 0.15) is 5.60 Å². The Balaban J connectivity index is 1.84. The minimum absolute atomic E-state index is 0.179. The topological polar surface area (TPSA) is 52.6 Å². The molecule has 0 spiro atoms. The monoisotopic (exact) mass is 226 g/mol. The lowest BCUT2D eigenvalue weighted by Gasteiger charge is -2.50. The third-order valence-electron chi connectivity index (χ3n) is 4.00. The molecular formula is C12H22N2O2. The standard InChI is InChI=1S/C12H22N2O2/c1-9(2)12(16)7-14(8-12)11(15)10-3-5-13-6-4-10/h9-10,13,16H,3-8H2,1-2H3. The molecule has 2 saturated heterocycles. The molecular weight excluding hydrogens is 204 g/mol. The van der Waals surface area contributed by atoms with Crippen molar-refractivity contribution in [2.24, 2.45) is 11.8 Å². The molecule has 0 aromatic heterocycles. The van der Waals surface area contributed by atoms with Crippen molar-refractivity contribution in [2.45, 2.75) is 32.3 Å². The van der Waals surface area contributed by atoms with Gasteiger partial charge in [-0.25, -0.2) is 0 Å². The van der Waals surface area contributed by atoms with Crippen molar-refractivity contribution < 1.29 is 9.90 Å². The number of carbonyl (C=O) groups excluding carboxylic acids is 1. The van der Waals surface area contributed by atoms with Crippen LogP contribution in [0.3, 0.4) is 0 Å². The highest BCUT2D eigenvalue weighted by Crippen LogP contribution is 2.30. The van der Waals surface area contributed by atoms with E-state index in [1.807, 2.05) is 18.7 Å². The van der Waals surface area contributed by atoms with E-state index in [0.717, 1.165) is 25.9 Å². The lowest BCUT2D eigenvalue weighted by Crippen LogP contribution is -2.67. The van der Waals surface area contributed by atoms with Crippen LogP contribution in [0.4, 0.5) is 0 Å². The van der Waals surface area contributed by atoms with Crippen LogP contribution in [0.2, 0.25) is 0 Å². The maximum absolute atomic E-state index is 12.1. The Labute approximate surface area is 97.0 Å². The van der Waals surface area contributed by atoms with Crippen LogP contribution in [-0.2, 0) is 4.79 Å². The molecule has 4 heteroatoms. The number of carbonyl (C=O) groups is 1. The first-order chi connectivity index (χ1) is 7.53. The summed E-state index contributed by atoms with van der Waals surface area (Å²) >= 11 is 0. The minimum Gasteiger partial charge on any atom is -0.386 e. The zero-order valence-electron chi connectivity index (χ0n) is 10.2. The van der Waals surface area contributed by atoms with Gasteiger partial charge in [0.05, 0.1) is 13.1 Å². The molecule has 0 saturated carbocycles. The summed E-state index contributed by atoms with van der Waals surface area (Å²) in [4.78, 5) is 13.9. The van der Waals surface area contributed by atoms with Crippen molar-refractivity contribution in [3.63, 3.8) is 0 Å². The Morgan fingerprint density at radius 2 is 1.94 bits per heavy atom. The van der Waals surface area contributed by atoms with Crippen molar-refractivity contribution >= 4 is 5.91 Å². The lowest BCUT2D eigenvalue weighted by atomic mass is 9.81. The number of rotatable bonds is 2. The van der Waals surface area contributed by atoms with E-state index in [0.29, 0.717) is 13.1 Å². The second-order valence-electron chi connectivity index (χ2n) is 5.48. The first-order valence-corrected chi connectivity index (χ1v) is 6.25. The second kappa shape index (κ2) is 4.34. The van der Waals surface area contributed by atoms with Gasteiger partial charge in [-0.3, -0.25) is 4.79 Å². The lowest BCUT2D eigenvalue weighted by molar-refractivity contribution is -0.168. The highest BCUT2D eigenvalue weighted by molar-refractivity contribution is 5.80. The Kier molecular flexibility index (Phi) is 3.22. The minimum atomic E-state index is -0.636. The maximum atomic E-state index is 12.1. The van der Waals surface area contributed by atoms with Crippen molar-refractivity contribution in [1.29, 1.82) is 0 Å². The van der Waals surface area contributed by atoms with Crippen molar-refractivity contribution in [3.8, 4) is 0 Å². The predicted octanol–water partition coefficient (Wildman–Crippen LogP) is 0.215. The molecule has 0 aliphatic carbocycles. The quantitative estimate of drug-likeness (QED) is 0.708. The van der Waals surface area contributed by atoms with E-state index in [2.05, 4.69) is 5.32 Å². The van der Waals surface area contributed by atoms with Crippen LogP contribution in [0.1, 0.15) is 26.7 Å². The van der Waals surface area contributed by atoms with Gasteiger partial charge in [-0.2, -0.15) is 0 Å². The summed E-state index contributed by atoms with van der Waals surface area (Å²) in [5.41, 5.74) is -0.636. The Morgan fingerprint density at radius 1 is 1.38 bits per heavy atom. The third kappa shape index (κ3) is 2.09. The molecule has 0 radical (unpaired) electrons. The predicted molar refractivity (Wildman–Crippen MR) is 62.0 cm³/mol. The van der Waals surface area contributed by atoms with Crippen LogP contribution in [0.5, 0.6) is 0 Å². The van der Waals surface area contributed by atoms with Gasteiger partial charge in [0.2, 0.25) is 5.91 Å². The van der Waals surface area contributed by atoms with Crippen LogP contribution in [-0.4, -0.2) is 47.7 Å². The molecule has 4 nitrogen and oxygen atoms in total. The van der Waals surface area contributed by atoms with Crippen molar-refractivity contribution in [2.75, 3.05) is 26.2 Å². The SMILES string of the molecule is CC(C)C1(O)CN(C(=O)C2CCNCC2)C1. The highest BCUT2D eigenvalue weighted by Gasteiger charge is 2.46. The van der Waals surface area contributed by atoms with Crippen molar-refractivity contribution in [1.82, 2.24) is 10.2 Å². The van der Waals surface area contributed by atoms with Gasteiger partial charge >= 0.3 is 0 Å². The maximum Gasteiger partial charge on any atom is 0.225 e. The largest absolute Gasteiger partial charge is 0.386 e. The molecule has 2 rings (SSSR count). The van der Waals surface area contributed by atoms with E-state index in [1.165, 1.54) is 0 Å². The number of aliphatic hydroxyl groups is 1. The highest BCUT2D eigenvalue weighted by atomic mass is 16.3. The molecule has 16 heavy (non-hydrogen) atoms. The Hall–Kier alpha value is -0.610. The summed E-state index contributed by atoms with van der Waals surface area (Å²) in [5, 5.41) is 13.4. The molecule has 0 aromatic rings. The number of amides is 1. The first kappa shape index (κ1) is 11.9. The number of hydrogen-bond donors (Lipinski definition) is 2. The number of nitrogens with one attached hydrogen (secondary N) is 1. The van der Waals surface area contributed by atoms with E-state index in [1.54, 1.807) is 0 Å². The first-order valence-electron chi connectivity index (χ1n) is 6.25. The fourth-order valence-electron chi connectivity index (χ4n) is 2.46. The van der Waals surface area contributed by atoms with Gasteiger partial charge in [-0.1, -0.05) is 13.8 Å². The molecule has 2 aliphatic heterocycles. The van der Waals surface area contributed by atoms with Gasteiger partial charge in [-0.15, -0.1) is 0 Å². The van der Waals surface area contributed by atoms with E-state index >= 15 is 0 Å². The Morgan fingerprint density at radius 3 is 2.44 bits per heavy atom. The molecule has 0 bridgehead atoms. The van der Waals surface area contributed by atoms with Gasteiger partial charge < -0.3 is 15.3 Å². The molecule has 0 aromatic carbocycles. The van der Waals surface area contributed by atoms with E-state index in [4.69, 9.17) is 0 Å². The smallest absolute Gasteiger partial charge is 0.225 e. The fourth-order valence-corrected chi connectivity index (χ4v) is 2.46. The molecule has 2 aliphatic rings. The summed E-state index contributed by atoms with van der Waals surface area (Å²) in [6.45, 7) is 6.94. The van der Waals surface area contributed by atoms with Crippen LogP contribution >= 0.6 is 0 Å². The Bertz CT molecular complexity index is 266.